The van der Waals surface area contributed by atoms with Gasteiger partial charge in [0.15, 0.2) is 0 Å². The molecule has 6 heteroatoms. The minimum atomic E-state index is -2.60. The maximum atomic E-state index is 6.19. The minimum absolute atomic E-state index is 0.0282. The van der Waals surface area contributed by atoms with Crippen molar-refractivity contribution in [1.82, 2.24) is 4.90 Å². The van der Waals surface area contributed by atoms with Crippen molar-refractivity contribution in [2.75, 3.05) is 40.0 Å². The van der Waals surface area contributed by atoms with Crippen molar-refractivity contribution in [3.8, 4) is 0 Å². The fourth-order valence-electron chi connectivity index (χ4n) is 3.04. The molecule has 0 aromatic carbocycles. The number of nitrogens with zero attached hydrogens (tertiary/aromatic N) is 1. The molecule has 24 heavy (non-hydrogen) atoms. The van der Waals surface area contributed by atoms with Gasteiger partial charge in [-0.25, -0.2) is 0 Å². The predicted molar refractivity (Wildman–Crippen MR) is 100 cm³/mol. The highest BCUT2D eigenvalue weighted by Crippen LogP contribution is 2.23. The molecule has 1 fully saturated rings. The van der Waals surface area contributed by atoms with Crippen molar-refractivity contribution in [3.63, 3.8) is 0 Å². The predicted octanol–water partition coefficient (Wildman–Crippen LogP) is 3.70. The third-order valence-corrected chi connectivity index (χ3v) is 7.50. The van der Waals surface area contributed by atoms with Gasteiger partial charge in [0.2, 0.25) is 0 Å². The van der Waals surface area contributed by atoms with E-state index >= 15 is 0 Å². The second-order valence-corrected chi connectivity index (χ2v) is 9.68. The summed E-state index contributed by atoms with van der Waals surface area (Å²) >= 11 is 0. The second kappa shape index (κ2) is 12.4. The molecule has 1 saturated heterocycles. The highest BCUT2D eigenvalue weighted by molar-refractivity contribution is 6.60. The van der Waals surface area contributed by atoms with Crippen LogP contribution in [-0.4, -0.2) is 65.9 Å². The van der Waals surface area contributed by atoms with Crippen molar-refractivity contribution in [3.05, 3.63) is 0 Å². The molecule has 1 heterocycles. The van der Waals surface area contributed by atoms with Gasteiger partial charge in [-0.15, -0.1) is 0 Å². The summed E-state index contributed by atoms with van der Waals surface area (Å²) in [5.41, 5.74) is 0. The molecule has 0 aliphatic carbocycles. The molecule has 0 bridgehead atoms. The Morgan fingerprint density at radius 1 is 0.917 bits per heavy atom. The van der Waals surface area contributed by atoms with Crippen molar-refractivity contribution in [1.29, 1.82) is 0 Å². The smallest absolute Gasteiger partial charge is 0.377 e. The molecule has 0 aromatic rings. The lowest BCUT2D eigenvalue weighted by atomic mass is 10.2. The largest absolute Gasteiger partial charge is 0.501 e. The van der Waals surface area contributed by atoms with Crippen LogP contribution in [0, 0.1) is 0 Å². The van der Waals surface area contributed by atoms with E-state index in [0.29, 0.717) is 13.2 Å². The van der Waals surface area contributed by atoms with Crippen LogP contribution in [0.4, 0.5) is 0 Å². The molecule has 0 N–H and O–H groups in total. The van der Waals surface area contributed by atoms with Gasteiger partial charge in [0.25, 0.3) is 0 Å². The number of unbranched alkanes of at least 4 members (excludes halogenated alkanes) is 2. The molecule has 2 unspecified atom stereocenters. The van der Waals surface area contributed by atoms with Crippen molar-refractivity contribution >= 4 is 8.80 Å². The lowest BCUT2D eigenvalue weighted by Crippen LogP contribution is -2.52. The maximum absolute atomic E-state index is 6.19. The zero-order chi connectivity index (χ0) is 17.8. The Bertz CT molecular complexity index is 299. The van der Waals surface area contributed by atoms with Crippen molar-refractivity contribution in [2.45, 2.75) is 78.1 Å². The van der Waals surface area contributed by atoms with E-state index in [0.717, 1.165) is 19.0 Å². The van der Waals surface area contributed by atoms with Crippen molar-refractivity contribution in [2.24, 2.45) is 0 Å². The van der Waals surface area contributed by atoms with E-state index in [1.165, 1.54) is 38.8 Å². The number of rotatable bonds is 11. The van der Waals surface area contributed by atoms with Crippen LogP contribution in [0.25, 0.3) is 0 Å². The van der Waals surface area contributed by atoms with E-state index in [4.69, 9.17) is 18.0 Å². The van der Waals surface area contributed by atoms with Gasteiger partial charge < -0.3 is 22.9 Å². The zero-order valence-corrected chi connectivity index (χ0v) is 17.5. The zero-order valence-electron chi connectivity index (χ0n) is 16.5. The fourth-order valence-corrected chi connectivity index (χ4v) is 5.68. The summed E-state index contributed by atoms with van der Waals surface area (Å²) in [6.45, 7) is 13.3. The van der Waals surface area contributed by atoms with Gasteiger partial charge >= 0.3 is 8.80 Å². The van der Waals surface area contributed by atoms with E-state index in [-0.39, 0.29) is 12.2 Å². The van der Waals surface area contributed by atoms with Crippen molar-refractivity contribution < 1.29 is 18.0 Å². The van der Waals surface area contributed by atoms with Gasteiger partial charge in [-0.1, -0.05) is 26.7 Å². The molecule has 1 rings (SSSR count). The van der Waals surface area contributed by atoms with Crippen LogP contribution in [0.5, 0.6) is 0 Å². The average molecular weight is 362 g/mol. The molecule has 1 aliphatic heterocycles. The Balaban J connectivity index is 2.54. The van der Waals surface area contributed by atoms with Gasteiger partial charge in [-0.2, -0.15) is 0 Å². The van der Waals surface area contributed by atoms with Crippen LogP contribution in [0.2, 0.25) is 6.04 Å². The third kappa shape index (κ3) is 8.40. The molecular weight excluding hydrogens is 322 g/mol. The summed E-state index contributed by atoms with van der Waals surface area (Å²) in [5.74, 6) is 0. The second-order valence-electron chi connectivity index (χ2n) is 6.93. The Hall–Kier alpha value is 0.0169. The molecular formula is C18H39NO4Si. The van der Waals surface area contributed by atoms with Gasteiger partial charge in [0.05, 0.1) is 25.4 Å². The summed E-state index contributed by atoms with van der Waals surface area (Å²) in [7, 11) is -0.865. The van der Waals surface area contributed by atoms with E-state index in [1.807, 2.05) is 13.8 Å². The first kappa shape index (κ1) is 22.1. The van der Waals surface area contributed by atoms with Crippen LogP contribution >= 0.6 is 0 Å². The SMILES string of the molecule is CCCCN(CCCC)CCC[Si]1(OC)OC(C)COCC(C)O1. The standard InChI is InChI=1S/C18H39NO4Si/c1-6-8-11-19(12-9-7-2)13-10-14-24(20-5)22-17(3)15-21-16-18(4)23-24/h17-18H,6-16H2,1-5H3. The molecule has 0 saturated carbocycles. The quantitative estimate of drug-likeness (QED) is 0.525. The Labute approximate surface area is 150 Å². The number of hydrogen-bond donors (Lipinski definition) is 0. The van der Waals surface area contributed by atoms with Crippen LogP contribution in [-0.2, 0) is 18.0 Å². The van der Waals surface area contributed by atoms with Gasteiger partial charge in [-0.3, -0.25) is 0 Å². The molecule has 144 valence electrons. The topological polar surface area (TPSA) is 40.2 Å². The van der Waals surface area contributed by atoms with E-state index in [2.05, 4.69) is 18.7 Å². The van der Waals surface area contributed by atoms with Gasteiger partial charge in [0, 0.05) is 13.2 Å². The van der Waals surface area contributed by atoms with E-state index < -0.39 is 8.80 Å². The molecule has 0 aromatic heterocycles. The summed E-state index contributed by atoms with van der Waals surface area (Å²) in [6.07, 6.45) is 6.17. The molecule has 0 amide bonds. The summed E-state index contributed by atoms with van der Waals surface area (Å²) in [4.78, 5) is 2.59. The normalized spacial score (nSPS) is 28.8. The Morgan fingerprint density at radius 3 is 1.88 bits per heavy atom. The molecule has 2 atom stereocenters. The summed E-state index contributed by atoms with van der Waals surface area (Å²) in [6, 6.07) is 0.882. The highest BCUT2D eigenvalue weighted by Gasteiger charge is 2.43. The van der Waals surface area contributed by atoms with Crippen LogP contribution < -0.4 is 0 Å². The lowest BCUT2D eigenvalue weighted by molar-refractivity contribution is -0.0677. The first-order valence-electron chi connectivity index (χ1n) is 9.76. The van der Waals surface area contributed by atoms with Crippen LogP contribution in [0.3, 0.4) is 0 Å². The highest BCUT2D eigenvalue weighted by atomic mass is 28.4. The Kier molecular flexibility index (Phi) is 11.4. The van der Waals surface area contributed by atoms with Crippen LogP contribution in [0.1, 0.15) is 59.8 Å². The average Bonchev–Trinajstić information content (AvgIpc) is 2.55. The maximum Gasteiger partial charge on any atom is 0.501 e. The van der Waals surface area contributed by atoms with Gasteiger partial charge in [-0.05, 0) is 52.7 Å². The van der Waals surface area contributed by atoms with E-state index in [9.17, 15) is 0 Å². The monoisotopic (exact) mass is 361 g/mol. The minimum Gasteiger partial charge on any atom is -0.377 e. The van der Waals surface area contributed by atoms with Crippen LogP contribution in [0.15, 0.2) is 0 Å². The molecule has 0 radical (unpaired) electrons. The summed E-state index contributed by atoms with van der Waals surface area (Å²) in [5, 5.41) is 0. The third-order valence-electron chi connectivity index (χ3n) is 4.39. The van der Waals surface area contributed by atoms with Gasteiger partial charge in [0.1, 0.15) is 0 Å². The summed E-state index contributed by atoms with van der Waals surface area (Å²) < 4.78 is 23.8. The fraction of sp³-hybridized carbons (Fsp3) is 1.00. The first-order chi connectivity index (χ1) is 11.5. The lowest BCUT2D eigenvalue weighted by Gasteiger charge is -2.36. The van der Waals surface area contributed by atoms with E-state index in [1.54, 1.807) is 7.11 Å². The number of ether oxygens (including phenoxy) is 1. The molecule has 5 nitrogen and oxygen atoms in total. The molecule has 0 spiro atoms. The number of hydrogen-bond acceptors (Lipinski definition) is 5. The molecule has 1 aliphatic rings. The Morgan fingerprint density at radius 2 is 1.42 bits per heavy atom. The first-order valence-corrected chi connectivity index (χ1v) is 11.7.